The molecule has 0 radical (unpaired) electrons. The Balaban J connectivity index is 3.02. The van der Waals surface area contributed by atoms with Crippen LogP contribution in [-0.2, 0) is 9.53 Å². The summed E-state index contributed by atoms with van der Waals surface area (Å²) in [6.45, 7) is 1.92. The van der Waals surface area contributed by atoms with Crippen LogP contribution in [0.25, 0.3) is 6.08 Å². The van der Waals surface area contributed by atoms with Gasteiger partial charge in [0.1, 0.15) is 5.02 Å². The van der Waals surface area contributed by atoms with Crippen molar-refractivity contribution < 1.29 is 14.5 Å². The third-order valence-corrected chi connectivity index (χ3v) is 2.19. The Hall–Kier alpha value is -1.88. The lowest BCUT2D eigenvalue weighted by Crippen LogP contribution is -1.99. The molecule has 1 aromatic carbocycles. The SMILES string of the molecule is CCOC(=O)C=Cc1cccc(Cl)c1[N+](=O)[O-]. The minimum absolute atomic E-state index is 0.0287. The van der Waals surface area contributed by atoms with E-state index in [1.54, 1.807) is 13.0 Å². The van der Waals surface area contributed by atoms with Crippen molar-refractivity contribution in [2.75, 3.05) is 6.61 Å². The quantitative estimate of drug-likeness (QED) is 0.359. The molecule has 90 valence electrons. The van der Waals surface area contributed by atoms with Crippen LogP contribution < -0.4 is 0 Å². The maximum atomic E-state index is 11.1. The van der Waals surface area contributed by atoms with Gasteiger partial charge in [0.25, 0.3) is 5.69 Å². The molecule has 0 aromatic heterocycles. The number of hydrogen-bond donors (Lipinski definition) is 0. The fourth-order valence-electron chi connectivity index (χ4n) is 1.21. The fourth-order valence-corrected chi connectivity index (χ4v) is 1.46. The van der Waals surface area contributed by atoms with E-state index in [-0.39, 0.29) is 22.9 Å². The molecule has 0 bridgehead atoms. The minimum atomic E-state index is -0.590. The molecule has 0 unspecified atom stereocenters. The number of halogens is 1. The Morgan fingerprint density at radius 2 is 2.29 bits per heavy atom. The number of hydrogen-bond acceptors (Lipinski definition) is 4. The number of para-hydroxylation sites is 1. The molecule has 0 spiro atoms. The predicted octanol–water partition coefficient (Wildman–Crippen LogP) is 2.82. The van der Waals surface area contributed by atoms with Gasteiger partial charge < -0.3 is 4.74 Å². The van der Waals surface area contributed by atoms with Gasteiger partial charge in [-0.3, -0.25) is 10.1 Å². The summed E-state index contributed by atoms with van der Waals surface area (Å²) in [6, 6.07) is 4.49. The molecule has 1 aromatic rings. The lowest BCUT2D eigenvalue weighted by atomic mass is 10.1. The first-order chi connectivity index (χ1) is 8.06. The highest BCUT2D eigenvalue weighted by Gasteiger charge is 2.16. The molecule has 0 fully saturated rings. The first-order valence-corrected chi connectivity index (χ1v) is 5.21. The number of carbonyl (C=O) groups excluding carboxylic acids is 1. The van der Waals surface area contributed by atoms with Crippen LogP contribution in [0.5, 0.6) is 0 Å². The van der Waals surface area contributed by atoms with Gasteiger partial charge in [0.2, 0.25) is 0 Å². The van der Waals surface area contributed by atoms with E-state index in [0.717, 1.165) is 6.08 Å². The summed E-state index contributed by atoms with van der Waals surface area (Å²) < 4.78 is 4.67. The predicted molar refractivity (Wildman–Crippen MR) is 63.8 cm³/mol. The number of nitro benzene ring substituents is 1. The molecule has 0 amide bonds. The summed E-state index contributed by atoms with van der Waals surface area (Å²) in [5.74, 6) is -0.554. The van der Waals surface area contributed by atoms with E-state index in [4.69, 9.17) is 11.6 Å². The summed E-state index contributed by atoms with van der Waals surface area (Å²) in [7, 11) is 0. The largest absolute Gasteiger partial charge is 0.463 e. The second-order valence-corrected chi connectivity index (χ2v) is 3.43. The number of ether oxygens (including phenoxy) is 1. The second kappa shape index (κ2) is 6.00. The Kier molecular flexibility index (Phi) is 4.66. The number of carbonyl (C=O) groups is 1. The Labute approximate surface area is 103 Å². The van der Waals surface area contributed by atoms with Crippen molar-refractivity contribution in [2.24, 2.45) is 0 Å². The average molecular weight is 256 g/mol. The van der Waals surface area contributed by atoms with Crippen LogP contribution in [0.2, 0.25) is 5.02 Å². The van der Waals surface area contributed by atoms with Crippen LogP contribution in [0.1, 0.15) is 12.5 Å². The standard InChI is InChI=1S/C11H10ClNO4/c1-2-17-10(14)7-6-8-4-3-5-9(12)11(8)13(15)16/h3-7H,2H2,1H3. The molecule has 5 nitrogen and oxygen atoms in total. The molecule has 17 heavy (non-hydrogen) atoms. The molecular formula is C11H10ClNO4. The van der Waals surface area contributed by atoms with E-state index in [1.807, 2.05) is 0 Å². The van der Waals surface area contributed by atoms with E-state index >= 15 is 0 Å². The van der Waals surface area contributed by atoms with Crippen LogP contribution in [0.15, 0.2) is 24.3 Å². The third kappa shape index (κ3) is 3.57. The number of rotatable bonds is 4. The maximum absolute atomic E-state index is 11.1. The van der Waals surface area contributed by atoms with E-state index in [1.165, 1.54) is 18.2 Å². The van der Waals surface area contributed by atoms with Crippen molar-refractivity contribution in [3.63, 3.8) is 0 Å². The number of nitro groups is 1. The van der Waals surface area contributed by atoms with Crippen LogP contribution in [0.4, 0.5) is 5.69 Å². The number of esters is 1. The highest BCUT2D eigenvalue weighted by molar-refractivity contribution is 6.33. The zero-order valence-electron chi connectivity index (χ0n) is 9.05. The fraction of sp³-hybridized carbons (Fsp3) is 0.182. The first-order valence-electron chi connectivity index (χ1n) is 4.84. The van der Waals surface area contributed by atoms with Crippen molar-refractivity contribution in [3.05, 3.63) is 45.0 Å². The highest BCUT2D eigenvalue weighted by Crippen LogP contribution is 2.28. The Bertz CT molecular complexity index is 471. The second-order valence-electron chi connectivity index (χ2n) is 3.02. The molecular weight excluding hydrogens is 246 g/mol. The van der Waals surface area contributed by atoms with Gasteiger partial charge >= 0.3 is 5.97 Å². The molecule has 0 N–H and O–H groups in total. The molecule has 0 aliphatic rings. The Morgan fingerprint density at radius 1 is 1.59 bits per heavy atom. The summed E-state index contributed by atoms with van der Waals surface area (Å²) in [5.41, 5.74) is 0.0327. The van der Waals surface area contributed by atoms with Crippen LogP contribution >= 0.6 is 11.6 Å². The highest BCUT2D eigenvalue weighted by atomic mass is 35.5. The van der Waals surface area contributed by atoms with Crippen molar-refractivity contribution >= 4 is 29.3 Å². The van der Waals surface area contributed by atoms with Gasteiger partial charge in [-0.2, -0.15) is 0 Å². The smallest absolute Gasteiger partial charge is 0.330 e. The topological polar surface area (TPSA) is 69.4 Å². The molecule has 0 saturated carbocycles. The minimum Gasteiger partial charge on any atom is -0.463 e. The van der Waals surface area contributed by atoms with Gasteiger partial charge in [-0.15, -0.1) is 0 Å². The van der Waals surface area contributed by atoms with Crippen LogP contribution in [0, 0.1) is 10.1 Å². The van der Waals surface area contributed by atoms with E-state index in [2.05, 4.69) is 4.74 Å². The van der Waals surface area contributed by atoms with Crippen LogP contribution in [0.3, 0.4) is 0 Å². The van der Waals surface area contributed by atoms with E-state index in [9.17, 15) is 14.9 Å². The lowest BCUT2D eigenvalue weighted by Gasteiger charge is -1.99. The normalized spacial score (nSPS) is 10.5. The number of nitrogens with zero attached hydrogens (tertiary/aromatic N) is 1. The maximum Gasteiger partial charge on any atom is 0.330 e. The summed E-state index contributed by atoms with van der Waals surface area (Å²) in [4.78, 5) is 21.3. The molecule has 0 aliphatic heterocycles. The van der Waals surface area contributed by atoms with Crippen molar-refractivity contribution in [2.45, 2.75) is 6.92 Å². The van der Waals surface area contributed by atoms with Gasteiger partial charge in [0.15, 0.2) is 0 Å². The zero-order valence-corrected chi connectivity index (χ0v) is 9.81. The summed E-state index contributed by atoms with van der Waals surface area (Å²) in [6.07, 6.45) is 2.43. The third-order valence-electron chi connectivity index (χ3n) is 1.89. The van der Waals surface area contributed by atoms with Gasteiger partial charge in [0, 0.05) is 6.08 Å². The van der Waals surface area contributed by atoms with Gasteiger partial charge in [0.05, 0.1) is 17.1 Å². The average Bonchev–Trinajstić information content (AvgIpc) is 2.26. The Morgan fingerprint density at radius 3 is 2.88 bits per heavy atom. The van der Waals surface area contributed by atoms with Crippen molar-refractivity contribution in [3.8, 4) is 0 Å². The van der Waals surface area contributed by atoms with Crippen LogP contribution in [-0.4, -0.2) is 17.5 Å². The molecule has 0 aliphatic carbocycles. The van der Waals surface area contributed by atoms with Crippen molar-refractivity contribution in [1.82, 2.24) is 0 Å². The lowest BCUT2D eigenvalue weighted by molar-refractivity contribution is -0.384. The van der Waals surface area contributed by atoms with Crippen molar-refractivity contribution in [1.29, 1.82) is 0 Å². The summed E-state index contributed by atoms with van der Waals surface area (Å²) >= 11 is 5.71. The van der Waals surface area contributed by atoms with E-state index in [0.29, 0.717) is 0 Å². The monoisotopic (exact) mass is 255 g/mol. The molecule has 0 heterocycles. The molecule has 0 atom stereocenters. The zero-order chi connectivity index (χ0) is 12.8. The first kappa shape index (κ1) is 13.2. The molecule has 6 heteroatoms. The summed E-state index contributed by atoms with van der Waals surface area (Å²) in [5, 5.41) is 10.8. The molecule has 0 saturated heterocycles. The van der Waals surface area contributed by atoms with Gasteiger partial charge in [-0.05, 0) is 25.1 Å². The van der Waals surface area contributed by atoms with Gasteiger partial charge in [-0.25, -0.2) is 4.79 Å². The van der Waals surface area contributed by atoms with E-state index < -0.39 is 10.9 Å². The molecule has 1 rings (SSSR count). The number of benzene rings is 1. The van der Waals surface area contributed by atoms with Gasteiger partial charge in [-0.1, -0.05) is 17.7 Å².